The molecule has 0 aliphatic rings. The minimum Gasteiger partial charge on any atom is -0.279 e. The molecule has 0 saturated heterocycles. The van der Waals surface area contributed by atoms with Crippen molar-refractivity contribution < 1.29 is 0 Å². The van der Waals surface area contributed by atoms with E-state index in [0.29, 0.717) is 22.0 Å². The van der Waals surface area contributed by atoms with Crippen molar-refractivity contribution in [3.8, 4) is 16.9 Å². The lowest BCUT2D eigenvalue weighted by Gasteiger charge is -2.11. The fourth-order valence-corrected chi connectivity index (χ4v) is 4.04. The quantitative estimate of drug-likeness (QED) is 0.427. The molecule has 5 aromatic rings. The lowest BCUT2D eigenvalue weighted by Crippen LogP contribution is -2.37. The molecule has 8 heteroatoms. The zero-order chi connectivity index (χ0) is 22.0. The van der Waals surface area contributed by atoms with Crippen LogP contribution in [0.2, 0.25) is 5.02 Å². The SMILES string of the molecule is Cc1ccc(-n2c(-c3ccc(Cl)cc3)cn3c4c(=O)n(C)c(=O)n(C)c4nc23)cc1C. The van der Waals surface area contributed by atoms with Gasteiger partial charge in [-0.05, 0) is 49.2 Å². The molecule has 2 aromatic carbocycles. The van der Waals surface area contributed by atoms with Gasteiger partial charge in [0.25, 0.3) is 5.56 Å². The predicted molar refractivity (Wildman–Crippen MR) is 122 cm³/mol. The molecule has 7 nitrogen and oxygen atoms in total. The summed E-state index contributed by atoms with van der Waals surface area (Å²) in [5.74, 6) is 0.557. The molecule has 156 valence electrons. The Hall–Kier alpha value is -3.58. The molecule has 0 fully saturated rings. The van der Waals surface area contributed by atoms with Gasteiger partial charge in [0, 0.05) is 36.6 Å². The van der Waals surface area contributed by atoms with Gasteiger partial charge >= 0.3 is 5.69 Å². The third-order valence-electron chi connectivity index (χ3n) is 5.85. The molecule has 0 unspecified atom stereocenters. The Morgan fingerprint density at radius 3 is 2.29 bits per heavy atom. The van der Waals surface area contributed by atoms with Crippen LogP contribution in [0.25, 0.3) is 33.9 Å². The van der Waals surface area contributed by atoms with E-state index < -0.39 is 5.69 Å². The largest absolute Gasteiger partial charge is 0.332 e. The minimum atomic E-state index is -0.408. The van der Waals surface area contributed by atoms with E-state index in [4.69, 9.17) is 16.6 Å². The summed E-state index contributed by atoms with van der Waals surface area (Å²) in [7, 11) is 3.10. The van der Waals surface area contributed by atoms with Crippen molar-refractivity contribution in [2.45, 2.75) is 13.8 Å². The number of benzene rings is 2. The first-order valence-electron chi connectivity index (χ1n) is 9.81. The van der Waals surface area contributed by atoms with Gasteiger partial charge in [0.1, 0.15) is 0 Å². The molecule has 0 radical (unpaired) electrons. The maximum Gasteiger partial charge on any atom is 0.332 e. The highest BCUT2D eigenvalue weighted by atomic mass is 35.5. The highest BCUT2D eigenvalue weighted by molar-refractivity contribution is 6.30. The molecule has 0 aliphatic heterocycles. The van der Waals surface area contributed by atoms with Crippen molar-refractivity contribution in [2.24, 2.45) is 14.1 Å². The Labute approximate surface area is 182 Å². The number of imidazole rings is 2. The van der Waals surface area contributed by atoms with Gasteiger partial charge in [-0.2, -0.15) is 4.98 Å². The van der Waals surface area contributed by atoms with Crippen LogP contribution in [-0.2, 0) is 14.1 Å². The summed E-state index contributed by atoms with van der Waals surface area (Å²) in [6.45, 7) is 4.12. The van der Waals surface area contributed by atoms with Crippen LogP contribution < -0.4 is 11.2 Å². The Kier molecular flexibility index (Phi) is 4.20. The number of fused-ring (bicyclic) bond motifs is 3. The minimum absolute atomic E-state index is 0.350. The number of aryl methyl sites for hydroxylation is 3. The van der Waals surface area contributed by atoms with E-state index in [1.54, 1.807) is 11.4 Å². The van der Waals surface area contributed by atoms with E-state index in [-0.39, 0.29) is 5.56 Å². The fraction of sp³-hybridized carbons (Fsp3) is 0.174. The molecule has 0 atom stereocenters. The van der Waals surface area contributed by atoms with Gasteiger partial charge in [-0.25, -0.2) is 4.79 Å². The van der Waals surface area contributed by atoms with Crippen molar-refractivity contribution in [2.75, 3.05) is 0 Å². The van der Waals surface area contributed by atoms with E-state index in [1.165, 1.54) is 17.2 Å². The van der Waals surface area contributed by atoms with Gasteiger partial charge in [0.15, 0.2) is 11.2 Å². The topological polar surface area (TPSA) is 66.2 Å². The van der Waals surface area contributed by atoms with E-state index in [2.05, 4.69) is 26.0 Å². The van der Waals surface area contributed by atoms with Gasteiger partial charge in [-0.15, -0.1) is 0 Å². The molecule has 0 bridgehead atoms. The molecule has 0 amide bonds. The Bertz CT molecular complexity index is 1620. The van der Waals surface area contributed by atoms with Crippen molar-refractivity contribution in [1.82, 2.24) is 23.1 Å². The Morgan fingerprint density at radius 1 is 0.903 bits per heavy atom. The maximum atomic E-state index is 13.0. The normalized spacial score (nSPS) is 11.6. The monoisotopic (exact) mass is 433 g/mol. The summed E-state index contributed by atoms with van der Waals surface area (Å²) in [5, 5.41) is 0.645. The van der Waals surface area contributed by atoms with E-state index in [1.807, 2.05) is 41.1 Å². The van der Waals surface area contributed by atoms with Crippen molar-refractivity contribution in [1.29, 1.82) is 0 Å². The van der Waals surface area contributed by atoms with Gasteiger partial charge in [-0.1, -0.05) is 29.8 Å². The highest BCUT2D eigenvalue weighted by Gasteiger charge is 2.21. The molecule has 0 aliphatic carbocycles. The van der Waals surface area contributed by atoms with Crippen LogP contribution in [0, 0.1) is 13.8 Å². The number of hydrogen-bond acceptors (Lipinski definition) is 3. The number of hydrogen-bond donors (Lipinski definition) is 0. The van der Waals surface area contributed by atoms with Crippen LogP contribution in [0.1, 0.15) is 11.1 Å². The second-order valence-corrected chi connectivity index (χ2v) is 8.22. The second-order valence-electron chi connectivity index (χ2n) is 7.78. The molecule has 0 spiro atoms. The molecule has 5 rings (SSSR count). The Morgan fingerprint density at radius 2 is 1.61 bits per heavy atom. The summed E-state index contributed by atoms with van der Waals surface area (Å²) >= 11 is 6.10. The average molecular weight is 434 g/mol. The standard InChI is InChI=1S/C23H20ClN5O2/c1-13-5-10-17(11-14(13)2)29-18(15-6-8-16(24)9-7-15)12-28-19-20(25-22(28)29)26(3)23(31)27(4)21(19)30/h5-12H,1-4H3. The Balaban J connectivity index is 1.96. The second kappa shape index (κ2) is 6.72. The molecule has 0 N–H and O–H groups in total. The first-order chi connectivity index (χ1) is 14.8. The summed E-state index contributed by atoms with van der Waals surface area (Å²) in [4.78, 5) is 30.1. The van der Waals surface area contributed by atoms with Crippen LogP contribution in [0.15, 0.2) is 58.3 Å². The number of rotatable bonds is 2. The maximum absolute atomic E-state index is 13.0. The lowest BCUT2D eigenvalue weighted by molar-refractivity contribution is 0.708. The van der Waals surface area contributed by atoms with Crippen molar-refractivity contribution in [3.05, 3.63) is 85.6 Å². The fourth-order valence-electron chi connectivity index (χ4n) is 3.91. The van der Waals surface area contributed by atoms with Crippen molar-refractivity contribution >= 4 is 28.5 Å². The predicted octanol–water partition coefficient (Wildman–Crippen LogP) is 3.61. The third-order valence-corrected chi connectivity index (χ3v) is 6.11. The smallest absolute Gasteiger partial charge is 0.279 e. The zero-order valence-corrected chi connectivity index (χ0v) is 18.3. The summed E-state index contributed by atoms with van der Waals surface area (Å²) in [5.41, 5.74) is 4.96. The van der Waals surface area contributed by atoms with Gasteiger partial charge in [-0.3, -0.25) is 22.9 Å². The van der Waals surface area contributed by atoms with Gasteiger partial charge < -0.3 is 0 Å². The molecule has 3 aromatic heterocycles. The average Bonchev–Trinajstić information content (AvgIpc) is 3.29. The first kappa shape index (κ1) is 19.4. The zero-order valence-electron chi connectivity index (χ0n) is 17.5. The molecule has 31 heavy (non-hydrogen) atoms. The lowest BCUT2D eigenvalue weighted by atomic mass is 10.1. The van der Waals surface area contributed by atoms with E-state index in [0.717, 1.165) is 27.1 Å². The molecule has 3 heterocycles. The van der Waals surface area contributed by atoms with Crippen molar-refractivity contribution in [3.63, 3.8) is 0 Å². The summed E-state index contributed by atoms with van der Waals surface area (Å²) < 4.78 is 6.26. The molecular formula is C23H20ClN5O2. The van der Waals surface area contributed by atoms with E-state index >= 15 is 0 Å². The molecular weight excluding hydrogens is 414 g/mol. The first-order valence-corrected chi connectivity index (χ1v) is 10.2. The number of halogens is 1. The number of aromatic nitrogens is 5. The number of nitrogens with zero attached hydrogens (tertiary/aromatic N) is 5. The van der Waals surface area contributed by atoms with E-state index in [9.17, 15) is 9.59 Å². The van der Waals surface area contributed by atoms with Gasteiger partial charge in [0.2, 0.25) is 5.78 Å². The van der Waals surface area contributed by atoms with Crippen LogP contribution in [0.5, 0.6) is 0 Å². The van der Waals surface area contributed by atoms with Crippen LogP contribution >= 0.6 is 11.6 Å². The van der Waals surface area contributed by atoms with Crippen LogP contribution in [-0.4, -0.2) is 23.1 Å². The summed E-state index contributed by atoms with van der Waals surface area (Å²) in [6.07, 6.45) is 1.88. The summed E-state index contributed by atoms with van der Waals surface area (Å²) in [6, 6.07) is 13.7. The van der Waals surface area contributed by atoms with Crippen LogP contribution in [0.3, 0.4) is 0 Å². The van der Waals surface area contributed by atoms with Crippen LogP contribution in [0.4, 0.5) is 0 Å². The van der Waals surface area contributed by atoms with Gasteiger partial charge in [0.05, 0.1) is 5.69 Å². The molecule has 0 saturated carbocycles. The highest BCUT2D eigenvalue weighted by Crippen LogP contribution is 2.30. The third kappa shape index (κ3) is 2.77.